The first-order chi connectivity index (χ1) is 21.4. The van der Waals surface area contributed by atoms with Crippen LogP contribution in [0.4, 0.5) is 0 Å². The van der Waals surface area contributed by atoms with E-state index >= 15 is 0 Å². The Labute approximate surface area is 277 Å². The van der Waals surface area contributed by atoms with Gasteiger partial charge in [0.25, 0.3) is 0 Å². The van der Waals surface area contributed by atoms with Crippen molar-refractivity contribution in [1.29, 1.82) is 0 Å². The van der Waals surface area contributed by atoms with Gasteiger partial charge in [0.2, 0.25) is 0 Å². The normalized spacial score (nSPS) is 47.4. The molecule has 8 heteroatoms. The van der Waals surface area contributed by atoms with Crippen LogP contribution in [0.5, 0.6) is 0 Å². The van der Waals surface area contributed by atoms with Gasteiger partial charge in [-0.15, -0.1) is 0 Å². The van der Waals surface area contributed by atoms with Crippen molar-refractivity contribution >= 4 is 5.97 Å². The van der Waals surface area contributed by atoms with E-state index in [0.717, 1.165) is 44.7 Å². The van der Waals surface area contributed by atoms with E-state index in [4.69, 9.17) is 18.9 Å². The highest BCUT2D eigenvalue weighted by atomic mass is 16.7. The van der Waals surface area contributed by atoms with Crippen molar-refractivity contribution in [3.63, 3.8) is 0 Å². The van der Waals surface area contributed by atoms with Gasteiger partial charge < -0.3 is 29.2 Å². The predicted molar refractivity (Wildman–Crippen MR) is 175 cm³/mol. The predicted octanol–water partition coefficient (Wildman–Crippen LogP) is 5.71. The fraction of sp³-hybridized carbons (Fsp3) is 0.974. The molecule has 2 spiro atoms. The average molecular weight is 646 g/mol. The standard InChI is InChI=1S/C38H63NO7/c1-23(40)44-32(35(6,7)42)27-11-9-25-28(45-27)19-26-24-10-12-29-34(4,5)30(46-31-20-39(17-18-43-31)22-33(2,3)41)13-14-38(29)21-37(24,38)16-15-36(25,26)8/h24-32,41-42H,9-22H2,1-8H3/t24?,25?,26?,27?,28?,29?,30-,31?,32-,36?,37?,38+/m0/s1. The number of β-amino-alcohol motifs (C(OH)–C–C–N with tert-alkyl or cyclic N) is 1. The Morgan fingerprint density at radius 1 is 0.957 bits per heavy atom. The Bertz CT molecular complexity index is 1180. The largest absolute Gasteiger partial charge is 0.457 e. The van der Waals surface area contributed by atoms with Crippen molar-refractivity contribution < 1.29 is 34.0 Å². The summed E-state index contributed by atoms with van der Waals surface area (Å²) in [5.41, 5.74) is -0.557. The second kappa shape index (κ2) is 11.1. The van der Waals surface area contributed by atoms with Gasteiger partial charge in [0, 0.05) is 26.6 Å². The van der Waals surface area contributed by atoms with E-state index in [2.05, 4.69) is 25.7 Å². The number of carbonyl (C=O) groups excluding carboxylic acids is 1. The lowest BCUT2D eigenvalue weighted by Gasteiger charge is -2.60. The second-order valence-corrected chi connectivity index (χ2v) is 19.0. The molecule has 0 amide bonds. The second-order valence-electron chi connectivity index (χ2n) is 19.0. The molecule has 7 rings (SSSR count). The zero-order valence-electron chi connectivity index (χ0n) is 30.0. The Balaban J connectivity index is 1.04. The molecule has 9 unspecified atom stereocenters. The van der Waals surface area contributed by atoms with Crippen LogP contribution in [0.1, 0.15) is 120 Å². The number of ether oxygens (including phenoxy) is 4. The summed E-state index contributed by atoms with van der Waals surface area (Å²) in [6.07, 6.45) is 11.3. The lowest BCUT2D eigenvalue weighted by molar-refractivity contribution is -0.247. The highest BCUT2D eigenvalue weighted by Gasteiger charge is 2.80. The van der Waals surface area contributed by atoms with E-state index in [1.165, 1.54) is 45.4 Å². The molecule has 0 radical (unpaired) electrons. The lowest BCUT2D eigenvalue weighted by Crippen LogP contribution is -2.56. The molecule has 8 nitrogen and oxygen atoms in total. The van der Waals surface area contributed by atoms with E-state index in [1.54, 1.807) is 13.8 Å². The molecular weight excluding hydrogens is 582 g/mol. The number of nitrogens with zero attached hydrogens (tertiary/aromatic N) is 1. The summed E-state index contributed by atoms with van der Waals surface area (Å²) in [6.45, 7) is 19.1. The molecular formula is C38H63NO7. The molecule has 0 aromatic heterocycles. The van der Waals surface area contributed by atoms with Gasteiger partial charge in [0.05, 0.1) is 36.1 Å². The van der Waals surface area contributed by atoms with Gasteiger partial charge in [0.15, 0.2) is 12.4 Å². The number of morpholine rings is 1. The molecule has 5 saturated carbocycles. The molecule has 0 bridgehead atoms. The van der Waals surface area contributed by atoms with Gasteiger partial charge in [-0.05, 0) is 137 Å². The van der Waals surface area contributed by atoms with Crippen LogP contribution >= 0.6 is 0 Å². The summed E-state index contributed by atoms with van der Waals surface area (Å²) >= 11 is 0. The molecule has 7 fully saturated rings. The van der Waals surface area contributed by atoms with E-state index in [-0.39, 0.29) is 36.0 Å². The highest BCUT2D eigenvalue weighted by Crippen LogP contribution is 2.87. The van der Waals surface area contributed by atoms with Gasteiger partial charge in [-0.3, -0.25) is 9.69 Å². The highest BCUT2D eigenvalue weighted by molar-refractivity contribution is 5.66. The molecule has 5 aliphatic carbocycles. The van der Waals surface area contributed by atoms with Crippen LogP contribution in [0.15, 0.2) is 0 Å². The van der Waals surface area contributed by atoms with E-state index in [9.17, 15) is 15.0 Å². The number of esters is 1. The first kappa shape index (κ1) is 33.7. The molecule has 12 atom stereocenters. The van der Waals surface area contributed by atoms with Crippen LogP contribution in [-0.4, -0.2) is 89.2 Å². The molecule has 7 aliphatic rings. The molecule has 2 saturated heterocycles. The fourth-order valence-corrected chi connectivity index (χ4v) is 13.2. The summed E-state index contributed by atoms with van der Waals surface area (Å²) in [7, 11) is 0. The van der Waals surface area contributed by atoms with Crippen molar-refractivity contribution in [2.75, 3.05) is 26.2 Å². The van der Waals surface area contributed by atoms with Gasteiger partial charge in [0.1, 0.15) is 0 Å². The zero-order valence-corrected chi connectivity index (χ0v) is 30.0. The number of rotatable bonds is 7. The fourth-order valence-electron chi connectivity index (χ4n) is 13.2. The minimum atomic E-state index is -1.14. The zero-order chi connectivity index (χ0) is 33.1. The summed E-state index contributed by atoms with van der Waals surface area (Å²) < 4.78 is 25.5. The Kier molecular flexibility index (Phi) is 8.15. The number of aliphatic hydroxyl groups is 2. The van der Waals surface area contributed by atoms with E-state index in [1.807, 2.05) is 13.8 Å². The van der Waals surface area contributed by atoms with Crippen molar-refractivity contribution in [2.45, 2.75) is 162 Å². The van der Waals surface area contributed by atoms with Crippen molar-refractivity contribution in [1.82, 2.24) is 4.90 Å². The summed E-state index contributed by atoms with van der Waals surface area (Å²) in [5.74, 6) is 2.31. The molecule has 46 heavy (non-hydrogen) atoms. The van der Waals surface area contributed by atoms with Crippen molar-refractivity contribution in [3.8, 4) is 0 Å². The quantitative estimate of drug-likeness (QED) is 0.340. The van der Waals surface area contributed by atoms with Crippen LogP contribution < -0.4 is 0 Å². The third kappa shape index (κ3) is 5.33. The summed E-state index contributed by atoms with van der Waals surface area (Å²) in [6, 6.07) is 0. The monoisotopic (exact) mass is 645 g/mol. The topological polar surface area (TPSA) is 97.7 Å². The Hall–Kier alpha value is -0.770. The van der Waals surface area contributed by atoms with Gasteiger partial charge in [-0.1, -0.05) is 20.8 Å². The van der Waals surface area contributed by atoms with Crippen LogP contribution in [0, 0.1) is 45.3 Å². The Morgan fingerprint density at radius 3 is 2.39 bits per heavy atom. The van der Waals surface area contributed by atoms with Gasteiger partial charge >= 0.3 is 5.97 Å². The molecule has 0 aromatic rings. The third-order valence-electron chi connectivity index (χ3n) is 14.9. The summed E-state index contributed by atoms with van der Waals surface area (Å²) in [4.78, 5) is 14.2. The van der Waals surface area contributed by atoms with Gasteiger partial charge in [-0.25, -0.2) is 0 Å². The van der Waals surface area contributed by atoms with Crippen LogP contribution in [-0.2, 0) is 23.7 Å². The average Bonchev–Trinajstić information content (AvgIpc) is 3.52. The number of hydrogen-bond donors (Lipinski definition) is 2. The van der Waals surface area contributed by atoms with Crippen LogP contribution in [0.2, 0.25) is 0 Å². The van der Waals surface area contributed by atoms with Crippen molar-refractivity contribution in [3.05, 3.63) is 0 Å². The van der Waals surface area contributed by atoms with E-state index < -0.39 is 17.3 Å². The maximum absolute atomic E-state index is 12.0. The minimum Gasteiger partial charge on any atom is -0.457 e. The molecule has 2 aliphatic heterocycles. The smallest absolute Gasteiger partial charge is 0.303 e. The lowest BCUT2D eigenvalue weighted by atomic mass is 9.46. The molecule has 0 aromatic carbocycles. The first-order valence-electron chi connectivity index (χ1n) is 18.7. The maximum atomic E-state index is 12.0. The SMILES string of the molecule is CC(=O)O[C@@H](C1CCC2C(CC3C4CCC5C(C)(C)[C@@H](OC6CN(CC(C)(C)O)CCO6)CC[C@@]56CC46CCC23C)O1)C(C)(C)O. The number of hydrogen-bond acceptors (Lipinski definition) is 8. The molecule has 262 valence electrons. The molecule has 2 heterocycles. The summed E-state index contributed by atoms with van der Waals surface area (Å²) in [5, 5.41) is 21.3. The maximum Gasteiger partial charge on any atom is 0.303 e. The van der Waals surface area contributed by atoms with Crippen LogP contribution in [0.3, 0.4) is 0 Å². The number of carbonyl (C=O) groups is 1. The first-order valence-corrected chi connectivity index (χ1v) is 18.7. The number of fused-ring (bicyclic) bond motifs is 4. The molecule has 2 N–H and O–H groups in total. The third-order valence-corrected chi connectivity index (χ3v) is 14.9. The van der Waals surface area contributed by atoms with E-state index in [0.29, 0.717) is 47.2 Å². The minimum absolute atomic E-state index is 0.0954. The van der Waals surface area contributed by atoms with Crippen molar-refractivity contribution in [2.24, 2.45) is 45.3 Å². The van der Waals surface area contributed by atoms with Crippen LogP contribution in [0.25, 0.3) is 0 Å². The Morgan fingerprint density at radius 2 is 1.70 bits per heavy atom. The van der Waals surface area contributed by atoms with Gasteiger partial charge in [-0.2, -0.15) is 0 Å².